The summed E-state index contributed by atoms with van der Waals surface area (Å²) in [6.45, 7) is 2.52. The van der Waals surface area contributed by atoms with E-state index in [4.69, 9.17) is 10.8 Å². The molecule has 0 aromatic heterocycles. The minimum Gasteiger partial charge on any atom is -0.399 e. The molecule has 92 valence electrons. The Kier molecular flexibility index (Phi) is 3.33. The van der Waals surface area contributed by atoms with Crippen molar-refractivity contribution in [3.8, 4) is 0 Å². The lowest BCUT2D eigenvalue weighted by molar-refractivity contribution is 0.0420. The molecule has 1 fully saturated rings. The van der Waals surface area contributed by atoms with Gasteiger partial charge in [0.15, 0.2) is 0 Å². The highest BCUT2D eigenvalue weighted by atomic mass is 16.3. The van der Waals surface area contributed by atoms with Crippen LogP contribution in [0.4, 0.5) is 5.69 Å². The van der Waals surface area contributed by atoms with Crippen molar-refractivity contribution < 1.29 is 9.90 Å². The van der Waals surface area contributed by atoms with Crippen LogP contribution in [0.5, 0.6) is 0 Å². The molecule has 1 aliphatic carbocycles. The van der Waals surface area contributed by atoms with Crippen molar-refractivity contribution in [2.24, 2.45) is 5.92 Å². The predicted octanol–water partition coefficient (Wildman–Crippen LogP) is 1.08. The van der Waals surface area contributed by atoms with Gasteiger partial charge in [-0.2, -0.15) is 0 Å². The molecular formula is C13H18N2O2. The molecule has 4 nitrogen and oxygen atoms in total. The third kappa shape index (κ3) is 2.77. The lowest BCUT2D eigenvalue weighted by Gasteiger charge is -2.31. The van der Waals surface area contributed by atoms with E-state index in [1.54, 1.807) is 18.2 Å². The number of hydrogen-bond acceptors (Lipinski definition) is 3. The Morgan fingerprint density at radius 2 is 2.24 bits per heavy atom. The number of rotatable bonds is 3. The number of carbonyl (C=O) groups excluding carboxylic acids is 1. The Bertz CT molecular complexity index is 425. The summed E-state index contributed by atoms with van der Waals surface area (Å²) in [5, 5.41) is 12.0. The second-order valence-corrected chi connectivity index (χ2v) is 4.77. The summed E-state index contributed by atoms with van der Waals surface area (Å²) < 4.78 is 0. The van der Waals surface area contributed by atoms with Gasteiger partial charge in [-0.15, -0.1) is 0 Å². The number of carbonyl (C=O) groups is 1. The van der Waals surface area contributed by atoms with Crippen LogP contribution >= 0.6 is 0 Å². The third-order valence-corrected chi connectivity index (χ3v) is 3.29. The predicted molar refractivity (Wildman–Crippen MR) is 66.7 cm³/mol. The third-order valence-electron chi connectivity index (χ3n) is 3.29. The van der Waals surface area contributed by atoms with E-state index >= 15 is 0 Å². The Hall–Kier alpha value is -1.55. The Balaban J connectivity index is 1.88. The highest BCUT2D eigenvalue weighted by Crippen LogP contribution is 2.26. The summed E-state index contributed by atoms with van der Waals surface area (Å²) in [5.41, 5.74) is 7.94. The van der Waals surface area contributed by atoms with E-state index in [1.165, 1.54) is 0 Å². The monoisotopic (exact) mass is 234 g/mol. The number of nitrogen functional groups attached to an aromatic ring is 1. The van der Waals surface area contributed by atoms with Gasteiger partial charge in [0, 0.05) is 17.8 Å². The van der Waals surface area contributed by atoms with Crippen molar-refractivity contribution in [2.75, 3.05) is 12.3 Å². The fourth-order valence-corrected chi connectivity index (χ4v) is 2.02. The van der Waals surface area contributed by atoms with E-state index in [9.17, 15) is 4.79 Å². The van der Waals surface area contributed by atoms with Crippen LogP contribution in [0.3, 0.4) is 0 Å². The zero-order valence-corrected chi connectivity index (χ0v) is 9.94. The summed E-state index contributed by atoms with van der Waals surface area (Å²) in [6, 6.07) is 5.27. The number of aliphatic hydroxyl groups excluding tert-OH is 1. The SMILES string of the molecule is Cc1cc(C(=O)NCC2CC(O)C2)ccc1N. The average molecular weight is 234 g/mol. The highest BCUT2D eigenvalue weighted by Gasteiger charge is 2.27. The van der Waals surface area contributed by atoms with E-state index in [1.807, 2.05) is 6.92 Å². The number of aryl methyl sites for hydroxylation is 1. The van der Waals surface area contributed by atoms with Crippen LogP contribution in [0.1, 0.15) is 28.8 Å². The molecule has 4 heteroatoms. The standard InChI is InChI=1S/C13H18N2O2/c1-8-4-10(2-3-12(8)14)13(17)15-7-9-5-11(16)6-9/h2-4,9,11,16H,5-7,14H2,1H3,(H,15,17). The van der Waals surface area contributed by atoms with Gasteiger partial charge in [-0.05, 0) is 49.4 Å². The quantitative estimate of drug-likeness (QED) is 0.685. The van der Waals surface area contributed by atoms with Crippen molar-refractivity contribution in [3.63, 3.8) is 0 Å². The van der Waals surface area contributed by atoms with Gasteiger partial charge in [0.2, 0.25) is 0 Å². The summed E-state index contributed by atoms with van der Waals surface area (Å²) in [5.74, 6) is 0.346. The molecule has 4 N–H and O–H groups in total. The maximum absolute atomic E-state index is 11.8. The number of benzene rings is 1. The first-order chi connectivity index (χ1) is 8.06. The average Bonchev–Trinajstić information content (AvgIpc) is 2.26. The maximum Gasteiger partial charge on any atom is 0.251 e. The van der Waals surface area contributed by atoms with Gasteiger partial charge in [0.1, 0.15) is 0 Å². The smallest absolute Gasteiger partial charge is 0.251 e. The molecule has 1 aliphatic rings. The molecule has 0 spiro atoms. The summed E-state index contributed by atoms with van der Waals surface area (Å²) in [7, 11) is 0. The van der Waals surface area contributed by atoms with Crippen LogP contribution in [-0.2, 0) is 0 Å². The molecule has 0 atom stereocenters. The van der Waals surface area contributed by atoms with Crippen molar-refractivity contribution in [1.82, 2.24) is 5.32 Å². The lowest BCUT2D eigenvalue weighted by atomic mass is 9.82. The van der Waals surface area contributed by atoms with Crippen LogP contribution in [-0.4, -0.2) is 23.7 Å². The molecule has 0 saturated heterocycles. The molecule has 0 aliphatic heterocycles. The Labute approximate surface area is 101 Å². The molecule has 1 amide bonds. The maximum atomic E-state index is 11.8. The Morgan fingerprint density at radius 3 is 2.82 bits per heavy atom. The lowest BCUT2D eigenvalue weighted by Crippen LogP contribution is -2.38. The van der Waals surface area contributed by atoms with Gasteiger partial charge >= 0.3 is 0 Å². The molecular weight excluding hydrogens is 216 g/mol. The van der Waals surface area contributed by atoms with Crippen LogP contribution in [0.2, 0.25) is 0 Å². The van der Waals surface area contributed by atoms with E-state index in [-0.39, 0.29) is 12.0 Å². The van der Waals surface area contributed by atoms with E-state index in [0.717, 1.165) is 18.4 Å². The first-order valence-electron chi connectivity index (χ1n) is 5.88. The van der Waals surface area contributed by atoms with Gasteiger partial charge in [0.05, 0.1) is 6.10 Å². The van der Waals surface area contributed by atoms with Gasteiger partial charge in [-0.1, -0.05) is 0 Å². The number of amides is 1. The highest BCUT2D eigenvalue weighted by molar-refractivity contribution is 5.94. The van der Waals surface area contributed by atoms with E-state index < -0.39 is 0 Å². The largest absolute Gasteiger partial charge is 0.399 e. The first-order valence-corrected chi connectivity index (χ1v) is 5.88. The second kappa shape index (κ2) is 4.75. The molecule has 0 unspecified atom stereocenters. The molecule has 0 heterocycles. The second-order valence-electron chi connectivity index (χ2n) is 4.77. The molecule has 1 aromatic carbocycles. The molecule has 0 bridgehead atoms. The summed E-state index contributed by atoms with van der Waals surface area (Å²) in [6.07, 6.45) is 1.41. The zero-order chi connectivity index (χ0) is 12.4. The number of nitrogens with one attached hydrogen (secondary N) is 1. The molecule has 1 aromatic rings. The number of nitrogens with two attached hydrogens (primary N) is 1. The zero-order valence-electron chi connectivity index (χ0n) is 9.94. The summed E-state index contributed by atoms with van der Waals surface area (Å²) in [4.78, 5) is 11.8. The van der Waals surface area contributed by atoms with Crippen molar-refractivity contribution in [1.29, 1.82) is 0 Å². The Morgan fingerprint density at radius 1 is 1.53 bits per heavy atom. The van der Waals surface area contributed by atoms with Gasteiger partial charge in [-0.3, -0.25) is 4.79 Å². The van der Waals surface area contributed by atoms with Crippen LogP contribution in [0, 0.1) is 12.8 Å². The van der Waals surface area contributed by atoms with Crippen LogP contribution in [0.25, 0.3) is 0 Å². The molecule has 0 radical (unpaired) electrons. The van der Waals surface area contributed by atoms with Gasteiger partial charge < -0.3 is 16.2 Å². The topological polar surface area (TPSA) is 75.3 Å². The van der Waals surface area contributed by atoms with Crippen LogP contribution < -0.4 is 11.1 Å². The van der Waals surface area contributed by atoms with Crippen molar-refractivity contribution in [3.05, 3.63) is 29.3 Å². The molecule has 1 saturated carbocycles. The first kappa shape index (κ1) is 11.9. The van der Waals surface area contributed by atoms with E-state index in [2.05, 4.69) is 5.32 Å². The molecule has 17 heavy (non-hydrogen) atoms. The van der Waals surface area contributed by atoms with Gasteiger partial charge in [-0.25, -0.2) is 0 Å². The number of hydrogen-bond donors (Lipinski definition) is 3. The van der Waals surface area contributed by atoms with Crippen LogP contribution in [0.15, 0.2) is 18.2 Å². The molecule has 2 rings (SSSR count). The minimum absolute atomic E-state index is 0.0745. The van der Waals surface area contributed by atoms with Crippen molar-refractivity contribution >= 4 is 11.6 Å². The fourth-order valence-electron chi connectivity index (χ4n) is 2.02. The van der Waals surface area contributed by atoms with Crippen molar-refractivity contribution in [2.45, 2.75) is 25.9 Å². The number of aliphatic hydroxyl groups is 1. The minimum atomic E-state index is -0.171. The number of anilines is 1. The van der Waals surface area contributed by atoms with Gasteiger partial charge in [0.25, 0.3) is 5.91 Å². The normalized spacial score (nSPS) is 22.9. The van der Waals surface area contributed by atoms with E-state index in [0.29, 0.717) is 23.7 Å². The fraction of sp³-hybridized carbons (Fsp3) is 0.462. The summed E-state index contributed by atoms with van der Waals surface area (Å²) >= 11 is 0.